The molecule has 2 aromatic rings. The van der Waals surface area contributed by atoms with Crippen LogP contribution < -0.4 is 4.74 Å². The Morgan fingerprint density at radius 2 is 1.54 bits per heavy atom. The average Bonchev–Trinajstić information content (AvgIpc) is 2.62. The molecule has 0 amide bonds. The molecule has 0 saturated carbocycles. The number of rotatable bonds is 7. The minimum Gasteiger partial charge on any atom is -0.496 e. The van der Waals surface area contributed by atoms with Gasteiger partial charge in [0.15, 0.2) is 6.29 Å². The molecule has 0 bridgehead atoms. The van der Waals surface area contributed by atoms with E-state index >= 15 is 0 Å². The van der Waals surface area contributed by atoms with Gasteiger partial charge in [-0.3, -0.25) is 0 Å². The van der Waals surface area contributed by atoms with E-state index in [9.17, 15) is 4.79 Å². The van der Waals surface area contributed by atoms with Gasteiger partial charge in [0.25, 0.3) is 0 Å². The molecular weight excluding hydrogens is 308 g/mol. The predicted molar refractivity (Wildman–Crippen MR) is 92.1 cm³/mol. The predicted octanol–water partition coefficient (Wildman–Crippen LogP) is 3.86. The third-order valence-corrected chi connectivity index (χ3v) is 3.57. The van der Waals surface area contributed by atoms with Gasteiger partial charge in [0.1, 0.15) is 5.75 Å². The van der Waals surface area contributed by atoms with Crippen LogP contribution >= 0.6 is 0 Å². The van der Waals surface area contributed by atoms with Crippen LogP contribution in [0.2, 0.25) is 0 Å². The standard InChI is InChI=1S/C19H20O5/c1-22-17-12-14(8-11-16(17)19(23-2)24-3)5-4-13-6-9-15(10-7-13)18(20)21/h4-12,19H,1-3H3,(H,20,21)/b5-4+. The van der Waals surface area contributed by atoms with Gasteiger partial charge in [0, 0.05) is 19.8 Å². The molecule has 0 radical (unpaired) electrons. The molecule has 0 aliphatic heterocycles. The summed E-state index contributed by atoms with van der Waals surface area (Å²) in [6.45, 7) is 0. The molecule has 0 atom stereocenters. The van der Waals surface area contributed by atoms with Crippen LogP contribution in [0.25, 0.3) is 12.2 Å². The van der Waals surface area contributed by atoms with Crippen LogP contribution in [-0.4, -0.2) is 32.4 Å². The summed E-state index contributed by atoms with van der Waals surface area (Å²) >= 11 is 0. The largest absolute Gasteiger partial charge is 0.496 e. The second-order valence-electron chi connectivity index (χ2n) is 5.07. The number of carboxylic acids is 1. The normalized spacial score (nSPS) is 11.2. The summed E-state index contributed by atoms with van der Waals surface area (Å²) in [5.41, 5.74) is 2.94. The van der Waals surface area contributed by atoms with Gasteiger partial charge in [-0.2, -0.15) is 0 Å². The van der Waals surface area contributed by atoms with Gasteiger partial charge < -0.3 is 19.3 Å². The zero-order valence-electron chi connectivity index (χ0n) is 13.9. The highest BCUT2D eigenvalue weighted by atomic mass is 16.7. The molecule has 0 aliphatic rings. The molecule has 2 aromatic carbocycles. The molecule has 5 nitrogen and oxygen atoms in total. The molecule has 24 heavy (non-hydrogen) atoms. The van der Waals surface area contributed by atoms with Crippen molar-refractivity contribution in [3.05, 3.63) is 64.7 Å². The molecular formula is C19H20O5. The Morgan fingerprint density at radius 3 is 2.08 bits per heavy atom. The lowest BCUT2D eigenvalue weighted by atomic mass is 10.1. The number of hydrogen-bond acceptors (Lipinski definition) is 4. The fourth-order valence-corrected chi connectivity index (χ4v) is 2.31. The van der Waals surface area contributed by atoms with Crippen molar-refractivity contribution >= 4 is 18.1 Å². The molecule has 1 N–H and O–H groups in total. The third kappa shape index (κ3) is 4.22. The first-order valence-corrected chi connectivity index (χ1v) is 7.34. The Labute approximate surface area is 141 Å². The minimum atomic E-state index is -0.934. The van der Waals surface area contributed by atoms with Crippen molar-refractivity contribution in [2.75, 3.05) is 21.3 Å². The molecule has 126 valence electrons. The molecule has 0 saturated heterocycles. The number of hydrogen-bond donors (Lipinski definition) is 1. The van der Waals surface area contributed by atoms with Crippen molar-refractivity contribution in [1.82, 2.24) is 0 Å². The second kappa shape index (κ2) is 8.29. The summed E-state index contributed by atoms with van der Waals surface area (Å²) in [6.07, 6.45) is 3.35. The molecule has 0 fully saturated rings. The Kier molecular flexibility index (Phi) is 6.12. The van der Waals surface area contributed by atoms with Crippen molar-refractivity contribution in [2.45, 2.75) is 6.29 Å². The van der Waals surface area contributed by atoms with E-state index in [0.717, 1.165) is 16.7 Å². The van der Waals surface area contributed by atoms with E-state index in [1.807, 2.05) is 30.4 Å². The molecule has 0 heterocycles. The molecule has 0 aromatic heterocycles. The summed E-state index contributed by atoms with van der Waals surface area (Å²) in [5.74, 6) is -0.260. The molecule has 2 rings (SSSR count). The van der Waals surface area contributed by atoms with E-state index in [2.05, 4.69) is 0 Å². The van der Waals surface area contributed by atoms with Crippen molar-refractivity contribution < 1.29 is 24.1 Å². The van der Waals surface area contributed by atoms with Gasteiger partial charge in [-0.1, -0.05) is 30.4 Å². The lowest BCUT2D eigenvalue weighted by Gasteiger charge is -2.17. The zero-order chi connectivity index (χ0) is 17.5. The maximum Gasteiger partial charge on any atom is 0.335 e. The van der Waals surface area contributed by atoms with E-state index in [1.165, 1.54) is 0 Å². The SMILES string of the molecule is COc1cc(/C=C/c2ccc(C(=O)O)cc2)ccc1C(OC)OC. The Morgan fingerprint density at radius 1 is 0.958 bits per heavy atom. The fourth-order valence-electron chi connectivity index (χ4n) is 2.31. The van der Waals surface area contributed by atoms with Crippen molar-refractivity contribution in [3.63, 3.8) is 0 Å². The van der Waals surface area contributed by atoms with Gasteiger partial charge in [-0.05, 0) is 35.4 Å². The zero-order valence-corrected chi connectivity index (χ0v) is 13.9. The summed E-state index contributed by atoms with van der Waals surface area (Å²) < 4.78 is 15.9. The summed E-state index contributed by atoms with van der Waals surface area (Å²) in [5, 5.41) is 8.90. The second-order valence-corrected chi connectivity index (χ2v) is 5.07. The number of carboxylic acid groups (broad SMARTS) is 1. The lowest BCUT2D eigenvalue weighted by Crippen LogP contribution is -2.05. The van der Waals surface area contributed by atoms with Gasteiger partial charge in [-0.15, -0.1) is 0 Å². The van der Waals surface area contributed by atoms with Gasteiger partial charge >= 0.3 is 5.97 Å². The van der Waals surface area contributed by atoms with Gasteiger partial charge in [-0.25, -0.2) is 4.79 Å². The number of carbonyl (C=O) groups is 1. The Hall–Kier alpha value is -2.63. The van der Waals surface area contributed by atoms with E-state index < -0.39 is 12.3 Å². The topological polar surface area (TPSA) is 65.0 Å². The molecule has 0 spiro atoms. The number of ether oxygens (including phenoxy) is 3. The highest BCUT2D eigenvalue weighted by Gasteiger charge is 2.14. The molecule has 5 heteroatoms. The number of benzene rings is 2. The maximum absolute atomic E-state index is 10.8. The lowest BCUT2D eigenvalue weighted by molar-refractivity contribution is -0.106. The molecule has 0 aliphatic carbocycles. The first-order chi connectivity index (χ1) is 11.6. The van der Waals surface area contributed by atoms with Crippen LogP contribution in [-0.2, 0) is 9.47 Å². The average molecular weight is 328 g/mol. The summed E-state index contributed by atoms with van der Waals surface area (Å²) in [4.78, 5) is 10.8. The first-order valence-electron chi connectivity index (χ1n) is 7.34. The maximum atomic E-state index is 10.8. The van der Waals surface area contributed by atoms with E-state index in [4.69, 9.17) is 19.3 Å². The van der Waals surface area contributed by atoms with E-state index in [0.29, 0.717) is 5.75 Å². The highest BCUT2D eigenvalue weighted by molar-refractivity contribution is 5.88. The van der Waals surface area contributed by atoms with Crippen LogP contribution in [0.15, 0.2) is 42.5 Å². The molecule has 0 unspecified atom stereocenters. The van der Waals surface area contributed by atoms with Crippen molar-refractivity contribution in [2.24, 2.45) is 0 Å². The first kappa shape index (κ1) is 17.7. The Bertz CT molecular complexity index is 715. The van der Waals surface area contributed by atoms with Crippen LogP contribution in [0, 0.1) is 0 Å². The van der Waals surface area contributed by atoms with Crippen LogP contribution in [0.4, 0.5) is 0 Å². The minimum absolute atomic E-state index is 0.267. The summed E-state index contributed by atoms with van der Waals surface area (Å²) in [6, 6.07) is 12.4. The third-order valence-electron chi connectivity index (χ3n) is 3.57. The quantitative estimate of drug-likeness (QED) is 0.618. The van der Waals surface area contributed by atoms with Crippen LogP contribution in [0.1, 0.15) is 33.3 Å². The number of methoxy groups -OCH3 is 3. The monoisotopic (exact) mass is 328 g/mol. The van der Waals surface area contributed by atoms with E-state index in [-0.39, 0.29) is 5.56 Å². The number of aromatic carboxylic acids is 1. The van der Waals surface area contributed by atoms with Crippen molar-refractivity contribution in [1.29, 1.82) is 0 Å². The smallest absolute Gasteiger partial charge is 0.335 e. The van der Waals surface area contributed by atoms with Crippen LogP contribution in [0.3, 0.4) is 0 Å². The fraction of sp³-hybridized carbons (Fsp3) is 0.211. The summed E-state index contributed by atoms with van der Waals surface area (Å²) in [7, 11) is 4.74. The Balaban J connectivity index is 2.21. The van der Waals surface area contributed by atoms with Gasteiger partial charge in [0.2, 0.25) is 0 Å². The van der Waals surface area contributed by atoms with Gasteiger partial charge in [0.05, 0.1) is 12.7 Å². The highest BCUT2D eigenvalue weighted by Crippen LogP contribution is 2.29. The van der Waals surface area contributed by atoms with Crippen LogP contribution in [0.5, 0.6) is 5.75 Å². The van der Waals surface area contributed by atoms with Crippen molar-refractivity contribution in [3.8, 4) is 5.75 Å². The van der Waals surface area contributed by atoms with E-state index in [1.54, 1.807) is 45.6 Å².